The smallest absolute Gasteiger partial charge is 0.315 e. The highest BCUT2D eigenvalue weighted by molar-refractivity contribution is 6.34. The summed E-state index contributed by atoms with van der Waals surface area (Å²) in [7, 11) is 0. The number of carbonyl (C=O) groups is 2. The van der Waals surface area contributed by atoms with Crippen molar-refractivity contribution in [2.45, 2.75) is 25.7 Å². The van der Waals surface area contributed by atoms with Crippen LogP contribution in [0, 0.1) is 11.8 Å². The Morgan fingerprint density at radius 3 is 1.50 bits per heavy atom. The predicted molar refractivity (Wildman–Crippen MR) is 110 cm³/mol. The van der Waals surface area contributed by atoms with Gasteiger partial charge < -0.3 is 9.47 Å². The van der Waals surface area contributed by atoms with E-state index >= 15 is 0 Å². The number of hydrogen-bond acceptors (Lipinski definition) is 4. The van der Waals surface area contributed by atoms with Crippen molar-refractivity contribution in [3.63, 3.8) is 0 Å². The van der Waals surface area contributed by atoms with E-state index in [1.165, 1.54) is 12.1 Å². The lowest BCUT2D eigenvalue weighted by atomic mass is 9.79. The van der Waals surface area contributed by atoms with Crippen LogP contribution in [0.3, 0.4) is 0 Å². The van der Waals surface area contributed by atoms with Crippen LogP contribution in [0.4, 0.5) is 0 Å². The Bertz CT molecular complexity index is 826. The second-order valence-electron chi connectivity index (χ2n) is 6.49. The van der Waals surface area contributed by atoms with Gasteiger partial charge in [0.25, 0.3) is 0 Å². The highest BCUT2D eigenvalue weighted by atomic mass is 35.5. The minimum absolute atomic E-state index is 0.162. The number of ether oxygens (including phenoxy) is 2. The van der Waals surface area contributed by atoms with Gasteiger partial charge in [-0.1, -0.05) is 59.2 Å². The Morgan fingerprint density at radius 2 is 1.11 bits per heavy atom. The van der Waals surface area contributed by atoms with Crippen LogP contribution in [-0.2, 0) is 9.59 Å². The molecule has 1 saturated carbocycles. The van der Waals surface area contributed by atoms with Crippen LogP contribution >= 0.6 is 46.4 Å². The average molecular weight is 462 g/mol. The van der Waals surface area contributed by atoms with E-state index in [4.69, 9.17) is 55.9 Å². The summed E-state index contributed by atoms with van der Waals surface area (Å²) in [6, 6.07) is 9.20. The third-order valence-electron chi connectivity index (χ3n) is 4.58. The van der Waals surface area contributed by atoms with Gasteiger partial charge in [-0.3, -0.25) is 9.59 Å². The van der Waals surface area contributed by atoms with Crippen LogP contribution in [0.5, 0.6) is 11.5 Å². The maximum absolute atomic E-state index is 12.7. The standard InChI is InChI=1S/C20H16Cl4O4/c21-11-5-7-15(23)17(9-11)27-19(25)13-3-1-2-4-14(13)20(26)28-18-10-12(22)6-8-16(18)24/h5-10,13-14H,1-4H2. The molecule has 2 aromatic rings. The maximum Gasteiger partial charge on any atom is 0.315 e. The first-order valence-corrected chi connectivity index (χ1v) is 10.2. The molecule has 2 aromatic carbocycles. The summed E-state index contributed by atoms with van der Waals surface area (Å²) in [5.74, 6) is -2.04. The van der Waals surface area contributed by atoms with Gasteiger partial charge in [0.05, 0.1) is 21.9 Å². The van der Waals surface area contributed by atoms with Crippen molar-refractivity contribution < 1.29 is 19.1 Å². The topological polar surface area (TPSA) is 52.6 Å². The van der Waals surface area contributed by atoms with E-state index in [0.717, 1.165) is 12.8 Å². The van der Waals surface area contributed by atoms with Crippen molar-refractivity contribution >= 4 is 58.3 Å². The van der Waals surface area contributed by atoms with E-state index in [1.807, 2.05) is 0 Å². The molecule has 4 nitrogen and oxygen atoms in total. The zero-order chi connectivity index (χ0) is 20.3. The fraction of sp³-hybridized carbons (Fsp3) is 0.300. The first kappa shape index (κ1) is 21.3. The third-order valence-corrected chi connectivity index (χ3v) is 5.67. The molecule has 0 N–H and O–H groups in total. The van der Waals surface area contributed by atoms with Crippen molar-refractivity contribution in [1.29, 1.82) is 0 Å². The van der Waals surface area contributed by atoms with Gasteiger partial charge in [0, 0.05) is 22.2 Å². The SMILES string of the molecule is O=C(Oc1cc(Cl)ccc1Cl)C1CCCCC1C(=O)Oc1cc(Cl)ccc1Cl. The number of rotatable bonds is 4. The minimum atomic E-state index is -0.644. The average Bonchev–Trinajstić information content (AvgIpc) is 2.67. The van der Waals surface area contributed by atoms with Gasteiger partial charge in [-0.2, -0.15) is 0 Å². The zero-order valence-electron chi connectivity index (χ0n) is 14.6. The fourth-order valence-electron chi connectivity index (χ4n) is 3.17. The molecule has 2 unspecified atom stereocenters. The largest absolute Gasteiger partial charge is 0.425 e. The number of benzene rings is 2. The second kappa shape index (κ2) is 9.36. The first-order chi connectivity index (χ1) is 13.3. The van der Waals surface area contributed by atoms with E-state index in [1.54, 1.807) is 24.3 Å². The van der Waals surface area contributed by atoms with Gasteiger partial charge in [0.15, 0.2) is 11.5 Å². The highest BCUT2D eigenvalue weighted by Crippen LogP contribution is 2.36. The zero-order valence-corrected chi connectivity index (χ0v) is 17.6. The molecule has 2 atom stereocenters. The predicted octanol–water partition coefficient (Wildman–Crippen LogP) is 6.62. The summed E-state index contributed by atoms with van der Waals surface area (Å²) in [6.45, 7) is 0. The van der Waals surface area contributed by atoms with Crippen molar-refractivity contribution in [3.8, 4) is 11.5 Å². The normalized spacial score (nSPS) is 19.1. The Hall–Kier alpha value is -1.46. The third kappa shape index (κ3) is 5.12. The summed E-state index contributed by atoms with van der Waals surface area (Å²) >= 11 is 24.0. The first-order valence-electron chi connectivity index (χ1n) is 8.68. The number of hydrogen-bond donors (Lipinski definition) is 0. The number of esters is 2. The van der Waals surface area contributed by atoms with E-state index < -0.39 is 23.8 Å². The summed E-state index contributed by atoms with van der Waals surface area (Å²) in [5, 5.41) is 1.31. The summed E-state index contributed by atoms with van der Waals surface area (Å²) < 4.78 is 10.9. The Kier molecular flexibility index (Phi) is 7.10. The summed E-state index contributed by atoms with van der Waals surface area (Å²) in [5.41, 5.74) is 0. The molecule has 0 heterocycles. The maximum atomic E-state index is 12.7. The van der Waals surface area contributed by atoms with Gasteiger partial charge in [-0.15, -0.1) is 0 Å². The van der Waals surface area contributed by atoms with Crippen LogP contribution in [0.15, 0.2) is 36.4 Å². The van der Waals surface area contributed by atoms with E-state index in [2.05, 4.69) is 0 Å². The molecule has 0 radical (unpaired) electrons. The van der Waals surface area contributed by atoms with Crippen LogP contribution < -0.4 is 9.47 Å². The summed E-state index contributed by atoms with van der Waals surface area (Å²) in [6.07, 6.45) is 2.65. The molecular formula is C20H16Cl4O4. The Balaban J connectivity index is 1.75. The molecule has 1 aliphatic carbocycles. The molecule has 0 aromatic heterocycles. The lowest BCUT2D eigenvalue weighted by Crippen LogP contribution is -2.37. The lowest BCUT2D eigenvalue weighted by Gasteiger charge is -2.28. The second-order valence-corrected chi connectivity index (χ2v) is 8.18. The van der Waals surface area contributed by atoms with E-state index in [-0.39, 0.29) is 21.5 Å². The number of carbonyl (C=O) groups excluding carboxylic acids is 2. The van der Waals surface area contributed by atoms with Crippen molar-refractivity contribution in [2.75, 3.05) is 0 Å². The minimum Gasteiger partial charge on any atom is -0.425 e. The Morgan fingerprint density at radius 1 is 0.714 bits per heavy atom. The van der Waals surface area contributed by atoms with Gasteiger partial charge in [0.2, 0.25) is 0 Å². The number of halogens is 4. The quantitative estimate of drug-likeness (QED) is 0.379. The lowest BCUT2D eigenvalue weighted by molar-refractivity contribution is -0.152. The van der Waals surface area contributed by atoms with Gasteiger partial charge in [-0.05, 0) is 37.1 Å². The molecule has 148 valence electrons. The van der Waals surface area contributed by atoms with Gasteiger partial charge in [0.1, 0.15) is 0 Å². The molecule has 0 bridgehead atoms. The van der Waals surface area contributed by atoms with Crippen LogP contribution in [0.2, 0.25) is 20.1 Å². The molecular weight excluding hydrogens is 446 g/mol. The van der Waals surface area contributed by atoms with Crippen LogP contribution in [0.1, 0.15) is 25.7 Å². The molecule has 0 aliphatic heterocycles. The van der Waals surface area contributed by atoms with Crippen molar-refractivity contribution in [3.05, 3.63) is 56.5 Å². The molecule has 1 aliphatic rings. The summed E-state index contributed by atoms with van der Waals surface area (Å²) in [4.78, 5) is 25.5. The van der Waals surface area contributed by atoms with Gasteiger partial charge >= 0.3 is 11.9 Å². The molecule has 28 heavy (non-hydrogen) atoms. The molecule has 1 fully saturated rings. The van der Waals surface area contributed by atoms with Crippen molar-refractivity contribution in [2.24, 2.45) is 11.8 Å². The molecule has 0 amide bonds. The highest BCUT2D eigenvalue weighted by Gasteiger charge is 2.38. The van der Waals surface area contributed by atoms with Crippen LogP contribution in [-0.4, -0.2) is 11.9 Å². The van der Waals surface area contributed by atoms with E-state index in [9.17, 15) is 9.59 Å². The van der Waals surface area contributed by atoms with Crippen LogP contribution in [0.25, 0.3) is 0 Å². The van der Waals surface area contributed by atoms with Gasteiger partial charge in [-0.25, -0.2) is 0 Å². The Labute approximate surface area is 182 Å². The monoisotopic (exact) mass is 460 g/mol. The molecule has 0 spiro atoms. The van der Waals surface area contributed by atoms with E-state index in [0.29, 0.717) is 22.9 Å². The molecule has 3 rings (SSSR count). The molecule has 0 saturated heterocycles. The van der Waals surface area contributed by atoms with Crippen molar-refractivity contribution in [1.82, 2.24) is 0 Å². The molecule has 8 heteroatoms. The fourth-order valence-corrected chi connectivity index (χ4v) is 3.81.